The highest BCUT2D eigenvalue weighted by Gasteiger charge is 2.14. The summed E-state index contributed by atoms with van der Waals surface area (Å²) in [6, 6.07) is 4.98. The van der Waals surface area contributed by atoms with E-state index in [1.54, 1.807) is 23.5 Å². The van der Waals surface area contributed by atoms with Crippen LogP contribution in [-0.2, 0) is 13.0 Å². The van der Waals surface area contributed by atoms with Crippen LogP contribution in [0, 0.1) is 5.82 Å². The molecule has 108 valence electrons. The molecule has 5 heteroatoms. The van der Waals surface area contributed by atoms with Crippen molar-refractivity contribution in [1.29, 1.82) is 0 Å². The van der Waals surface area contributed by atoms with Gasteiger partial charge >= 0.3 is 0 Å². The van der Waals surface area contributed by atoms with Crippen molar-refractivity contribution in [3.8, 4) is 10.6 Å². The number of aromatic nitrogens is 1. The summed E-state index contributed by atoms with van der Waals surface area (Å²) >= 11 is 4.97. The third kappa shape index (κ3) is 3.65. The Kier molecular flexibility index (Phi) is 5.69. The van der Waals surface area contributed by atoms with Gasteiger partial charge < -0.3 is 5.32 Å². The summed E-state index contributed by atoms with van der Waals surface area (Å²) in [6.07, 6.45) is 1.98. The Morgan fingerprint density at radius 2 is 2.15 bits per heavy atom. The molecule has 0 aliphatic carbocycles. The van der Waals surface area contributed by atoms with Crippen molar-refractivity contribution in [3.05, 3.63) is 39.1 Å². The minimum Gasteiger partial charge on any atom is -0.312 e. The molecular formula is C15H18BrFN2S. The van der Waals surface area contributed by atoms with E-state index in [4.69, 9.17) is 0 Å². The van der Waals surface area contributed by atoms with E-state index in [2.05, 4.69) is 40.1 Å². The second-order valence-corrected chi connectivity index (χ2v) is 6.54. The molecular weight excluding hydrogens is 339 g/mol. The Balaban J connectivity index is 2.38. The predicted molar refractivity (Wildman–Crippen MR) is 86.6 cm³/mol. The third-order valence-electron chi connectivity index (χ3n) is 2.96. The van der Waals surface area contributed by atoms with Gasteiger partial charge in [0, 0.05) is 21.5 Å². The molecule has 0 aliphatic heterocycles. The summed E-state index contributed by atoms with van der Waals surface area (Å²) in [5.74, 6) is -0.222. The van der Waals surface area contributed by atoms with Gasteiger partial charge in [-0.1, -0.05) is 36.2 Å². The maximum atomic E-state index is 14.0. The number of rotatable bonds is 6. The van der Waals surface area contributed by atoms with E-state index in [0.29, 0.717) is 5.56 Å². The molecule has 0 fully saturated rings. The lowest BCUT2D eigenvalue weighted by molar-refractivity contribution is 0.631. The molecule has 1 N–H and O–H groups in total. The number of aryl methyl sites for hydroxylation is 1. The summed E-state index contributed by atoms with van der Waals surface area (Å²) < 4.78 is 14.8. The summed E-state index contributed by atoms with van der Waals surface area (Å²) in [5, 5.41) is 4.09. The van der Waals surface area contributed by atoms with Gasteiger partial charge in [-0.3, -0.25) is 0 Å². The van der Waals surface area contributed by atoms with Crippen LogP contribution < -0.4 is 5.32 Å². The summed E-state index contributed by atoms with van der Waals surface area (Å²) in [4.78, 5) is 5.85. The second-order valence-electron chi connectivity index (χ2n) is 4.54. The van der Waals surface area contributed by atoms with E-state index >= 15 is 0 Å². The Morgan fingerprint density at radius 3 is 2.85 bits per heavy atom. The minimum atomic E-state index is -0.222. The molecule has 2 nitrogen and oxygen atoms in total. The molecule has 1 aromatic heterocycles. The van der Waals surface area contributed by atoms with Crippen LogP contribution in [0.2, 0.25) is 0 Å². The number of benzene rings is 1. The monoisotopic (exact) mass is 356 g/mol. The maximum Gasteiger partial charge on any atom is 0.133 e. The molecule has 0 unspecified atom stereocenters. The van der Waals surface area contributed by atoms with E-state index in [0.717, 1.165) is 41.1 Å². The molecule has 2 aromatic rings. The first-order valence-corrected chi connectivity index (χ1v) is 8.41. The Bertz CT molecular complexity index is 583. The molecule has 0 amide bonds. The van der Waals surface area contributed by atoms with E-state index in [-0.39, 0.29) is 5.82 Å². The van der Waals surface area contributed by atoms with Crippen molar-refractivity contribution < 1.29 is 4.39 Å². The van der Waals surface area contributed by atoms with Crippen LogP contribution in [0.3, 0.4) is 0 Å². The highest BCUT2D eigenvalue weighted by molar-refractivity contribution is 9.10. The largest absolute Gasteiger partial charge is 0.312 e. The van der Waals surface area contributed by atoms with Crippen LogP contribution >= 0.6 is 27.3 Å². The van der Waals surface area contributed by atoms with Gasteiger partial charge in [0.15, 0.2) is 0 Å². The standard InChI is InChI=1S/C15H18BrFN2S/c1-3-5-13-14(9-18-4-2)20-15(19-13)11-8-10(16)6-7-12(11)17/h6-8,18H,3-5,9H2,1-2H3. The lowest BCUT2D eigenvalue weighted by Crippen LogP contribution is -2.11. The number of hydrogen-bond donors (Lipinski definition) is 1. The van der Waals surface area contributed by atoms with Crippen molar-refractivity contribution in [2.45, 2.75) is 33.2 Å². The molecule has 0 bridgehead atoms. The van der Waals surface area contributed by atoms with E-state index in [9.17, 15) is 4.39 Å². The van der Waals surface area contributed by atoms with Gasteiger partial charge in [-0.05, 0) is 31.2 Å². The molecule has 0 spiro atoms. The number of halogens is 2. The van der Waals surface area contributed by atoms with Gasteiger partial charge in [-0.2, -0.15) is 0 Å². The van der Waals surface area contributed by atoms with E-state index < -0.39 is 0 Å². The second kappa shape index (κ2) is 7.29. The van der Waals surface area contributed by atoms with Crippen molar-refractivity contribution in [3.63, 3.8) is 0 Å². The number of thiazole rings is 1. The predicted octanol–water partition coefficient (Wildman–Crippen LogP) is 4.77. The van der Waals surface area contributed by atoms with Crippen LogP contribution in [0.1, 0.15) is 30.8 Å². The number of nitrogens with one attached hydrogen (secondary N) is 1. The van der Waals surface area contributed by atoms with Gasteiger partial charge in [0.1, 0.15) is 10.8 Å². The molecule has 0 saturated heterocycles. The van der Waals surface area contributed by atoms with Gasteiger partial charge in [0.2, 0.25) is 0 Å². The van der Waals surface area contributed by atoms with Crippen LogP contribution in [0.25, 0.3) is 10.6 Å². The fraction of sp³-hybridized carbons (Fsp3) is 0.400. The van der Waals surface area contributed by atoms with Gasteiger partial charge in [-0.25, -0.2) is 9.37 Å². The third-order valence-corrected chi connectivity index (χ3v) is 4.58. The first-order valence-electron chi connectivity index (χ1n) is 6.80. The molecule has 20 heavy (non-hydrogen) atoms. The number of nitrogens with zero attached hydrogens (tertiary/aromatic N) is 1. The highest BCUT2D eigenvalue weighted by atomic mass is 79.9. The summed E-state index contributed by atoms with van der Waals surface area (Å²) in [6.45, 7) is 5.94. The fourth-order valence-electron chi connectivity index (χ4n) is 1.97. The van der Waals surface area contributed by atoms with E-state index in [1.165, 1.54) is 10.9 Å². The van der Waals surface area contributed by atoms with Crippen LogP contribution in [0.4, 0.5) is 4.39 Å². The van der Waals surface area contributed by atoms with Gasteiger partial charge in [0.05, 0.1) is 5.69 Å². The van der Waals surface area contributed by atoms with Crippen molar-refractivity contribution >= 4 is 27.3 Å². The molecule has 0 saturated carbocycles. The molecule has 0 radical (unpaired) electrons. The van der Waals surface area contributed by atoms with Gasteiger partial charge in [0.25, 0.3) is 0 Å². The number of hydrogen-bond acceptors (Lipinski definition) is 3. The summed E-state index contributed by atoms with van der Waals surface area (Å²) in [5.41, 5.74) is 1.66. The molecule has 2 rings (SSSR count). The SMILES string of the molecule is CCCc1nc(-c2cc(Br)ccc2F)sc1CNCC. The topological polar surface area (TPSA) is 24.9 Å². The zero-order chi connectivity index (χ0) is 14.5. The average molecular weight is 357 g/mol. The lowest BCUT2D eigenvalue weighted by atomic mass is 10.2. The lowest BCUT2D eigenvalue weighted by Gasteiger charge is -2.00. The zero-order valence-electron chi connectivity index (χ0n) is 11.7. The van der Waals surface area contributed by atoms with Crippen LogP contribution in [0.5, 0.6) is 0 Å². The quantitative estimate of drug-likeness (QED) is 0.805. The van der Waals surface area contributed by atoms with Crippen LogP contribution in [-0.4, -0.2) is 11.5 Å². The van der Waals surface area contributed by atoms with Gasteiger partial charge in [-0.15, -0.1) is 11.3 Å². The minimum absolute atomic E-state index is 0.222. The molecule has 0 atom stereocenters. The van der Waals surface area contributed by atoms with Crippen molar-refractivity contribution in [2.24, 2.45) is 0 Å². The molecule has 0 aliphatic rings. The Morgan fingerprint density at radius 1 is 1.35 bits per heavy atom. The maximum absolute atomic E-state index is 14.0. The normalized spacial score (nSPS) is 11.0. The van der Waals surface area contributed by atoms with Crippen LogP contribution in [0.15, 0.2) is 22.7 Å². The van der Waals surface area contributed by atoms with E-state index in [1.807, 2.05) is 0 Å². The highest BCUT2D eigenvalue weighted by Crippen LogP contribution is 2.32. The summed E-state index contributed by atoms with van der Waals surface area (Å²) in [7, 11) is 0. The van der Waals surface area contributed by atoms with Crippen molar-refractivity contribution in [2.75, 3.05) is 6.54 Å². The fourth-order valence-corrected chi connectivity index (χ4v) is 3.43. The zero-order valence-corrected chi connectivity index (χ0v) is 14.1. The Hall–Kier alpha value is -0.780. The first kappa shape index (κ1) is 15.6. The Labute approximate surface area is 131 Å². The average Bonchev–Trinajstić information content (AvgIpc) is 2.82. The molecule has 1 heterocycles. The smallest absolute Gasteiger partial charge is 0.133 e. The first-order chi connectivity index (χ1) is 9.65. The van der Waals surface area contributed by atoms with Crippen molar-refractivity contribution in [1.82, 2.24) is 10.3 Å². The molecule has 1 aromatic carbocycles.